The van der Waals surface area contributed by atoms with Crippen LogP contribution < -0.4 is 5.32 Å². The van der Waals surface area contributed by atoms with Crippen LogP contribution in [0.25, 0.3) is 0 Å². The number of hydrogen-bond donors (Lipinski definition) is 5. The molecular weight excluding hydrogens is 486 g/mol. The number of aliphatic hydroxyl groups excluding tert-OH is 4. The predicted octanol–water partition coefficient (Wildman–Crippen LogP) is 2.54. The number of hydrogen-bond acceptors (Lipinski definition) is 8. The molecule has 0 aromatic carbocycles. The van der Waals surface area contributed by atoms with E-state index in [2.05, 4.69) is 39.1 Å². The molecule has 8 heteroatoms. The molecule has 1 aliphatic heterocycles. The van der Waals surface area contributed by atoms with Crippen LogP contribution in [0.2, 0.25) is 0 Å². The molecule has 38 heavy (non-hydrogen) atoms. The van der Waals surface area contributed by atoms with Gasteiger partial charge in [0.15, 0.2) is 6.29 Å². The third-order valence-corrected chi connectivity index (χ3v) is 9.64. The van der Waals surface area contributed by atoms with Crippen LogP contribution in [-0.4, -0.2) is 90.1 Å². The van der Waals surface area contributed by atoms with Crippen LogP contribution in [0.15, 0.2) is 22.8 Å². The van der Waals surface area contributed by atoms with Gasteiger partial charge >= 0.3 is 0 Å². The van der Waals surface area contributed by atoms with Gasteiger partial charge in [0, 0.05) is 25.0 Å². The number of ether oxygens (including phenoxy) is 3. The van der Waals surface area contributed by atoms with Gasteiger partial charge < -0.3 is 40.0 Å². The van der Waals surface area contributed by atoms with Crippen molar-refractivity contribution in [1.29, 1.82) is 0 Å². The molecule has 0 bridgehead atoms. The van der Waals surface area contributed by atoms with E-state index in [-0.39, 0.29) is 23.2 Å². The molecule has 0 radical (unpaired) electrons. The lowest BCUT2D eigenvalue weighted by Gasteiger charge is -2.46. The normalized spacial score (nSPS) is 45.0. The highest BCUT2D eigenvalue weighted by molar-refractivity contribution is 5.41. The van der Waals surface area contributed by atoms with Crippen LogP contribution in [-0.2, 0) is 14.2 Å². The topological polar surface area (TPSA) is 121 Å². The van der Waals surface area contributed by atoms with Gasteiger partial charge in [-0.2, -0.15) is 0 Å². The Kier molecular flexibility index (Phi) is 9.79. The van der Waals surface area contributed by atoms with Gasteiger partial charge in [-0.3, -0.25) is 0 Å². The molecule has 8 nitrogen and oxygen atoms in total. The molecule has 0 amide bonds. The summed E-state index contributed by atoms with van der Waals surface area (Å²) in [6, 6.07) is 0. The van der Waals surface area contributed by atoms with Crippen molar-refractivity contribution < 1.29 is 34.6 Å². The number of fused-ring (bicyclic) bond motifs is 2. The Morgan fingerprint density at radius 2 is 1.84 bits per heavy atom. The minimum atomic E-state index is -1.43. The van der Waals surface area contributed by atoms with E-state index in [0.29, 0.717) is 19.1 Å². The molecule has 0 aromatic rings. The Morgan fingerprint density at radius 3 is 2.50 bits per heavy atom. The fraction of sp³-hybridized carbons (Fsp3) is 0.867. The SMILES string of the molecule is CCCNC[C@H]1O[C@H](O[C@@H]2C3=C(C(C)C)CC[C@]3(C)/C=C3/[C@@H](COC)CC[C@H]3[C@@H](C)[C@H]2O)[C@H](O)[C@@H](O)[C@@H]1O. The van der Waals surface area contributed by atoms with Gasteiger partial charge in [0.25, 0.3) is 0 Å². The second kappa shape index (κ2) is 12.4. The summed E-state index contributed by atoms with van der Waals surface area (Å²) in [6.07, 6.45) is -0.227. The predicted molar refractivity (Wildman–Crippen MR) is 145 cm³/mol. The molecule has 1 saturated heterocycles. The lowest BCUT2D eigenvalue weighted by Crippen LogP contribution is -2.61. The van der Waals surface area contributed by atoms with Gasteiger partial charge in [-0.15, -0.1) is 0 Å². The average molecular weight is 538 g/mol. The second-order valence-electron chi connectivity index (χ2n) is 12.6. The number of aliphatic hydroxyl groups is 4. The van der Waals surface area contributed by atoms with Crippen LogP contribution in [0.1, 0.15) is 66.7 Å². The first-order valence-corrected chi connectivity index (χ1v) is 14.7. The third-order valence-electron chi connectivity index (χ3n) is 9.64. The summed E-state index contributed by atoms with van der Waals surface area (Å²) in [4.78, 5) is 0. The van der Waals surface area contributed by atoms with Gasteiger partial charge in [-0.1, -0.05) is 51.8 Å². The molecule has 0 spiro atoms. The van der Waals surface area contributed by atoms with E-state index in [1.165, 1.54) is 11.1 Å². The minimum absolute atomic E-state index is 0.0718. The zero-order chi connectivity index (χ0) is 27.8. The van der Waals surface area contributed by atoms with Gasteiger partial charge in [-0.05, 0) is 62.0 Å². The summed E-state index contributed by atoms with van der Waals surface area (Å²) in [6.45, 7) is 12.5. The Morgan fingerprint density at radius 1 is 1.11 bits per heavy atom. The number of nitrogens with one attached hydrogen (secondary N) is 1. The van der Waals surface area contributed by atoms with Crippen molar-refractivity contribution in [3.63, 3.8) is 0 Å². The zero-order valence-electron chi connectivity index (χ0n) is 24.1. The number of rotatable bonds is 9. The summed E-state index contributed by atoms with van der Waals surface area (Å²) in [5.41, 5.74) is 3.47. The first-order chi connectivity index (χ1) is 18.0. The van der Waals surface area contributed by atoms with Crippen LogP contribution >= 0.6 is 0 Å². The maximum absolute atomic E-state index is 12.0. The van der Waals surface area contributed by atoms with Gasteiger partial charge in [0.05, 0.1) is 12.7 Å². The molecule has 0 unspecified atom stereocenters. The van der Waals surface area contributed by atoms with E-state index in [9.17, 15) is 20.4 Å². The van der Waals surface area contributed by atoms with E-state index in [1.54, 1.807) is 7.11 Å². The number of allylic oxidation sites excluding steroid dienone is 2. The second-order valence-corrected chi connectivity index (χ2v) is 12.6. The molecule has 1 saturated carbocycles. The molecule has 5 N–H and O–H groups in total. The Bertz CT molecular complexity index is 875. The van der Waals surface area contributed by atoms with Crippen LogP contribution in [0.4, 0.5) is 0 Å². The Balaban J connectivity index is 1.71. The molecule has 218 valence electrons. The van der Waals surface area contributed by atoms with Crippen LogP contribution in [0.3, 0.4) is 0 Å². The van der Waals surface area contributed by atoms with E-state index >= 15 is 0 Å². The van der Waals surface area contributed by atoms with Crippen molar-refractivity contribution in [2.75, 3.05) is 26.8 Å². The van der Waals surface area contributed by atoms with Crippen LogP contribution in [0.5, 0.6) is 0 Å². The molecule has 0 aromatic heterocycles. The van der Waals surface area contributed by atoms with Crippen molar-refractivity contribution in [3.8, 4) is 0 Å². The summed E-state index contributed by atoms with van der Waals surface area (Å²) < 4.78 is 18.2. The van der Waals surface area contributed by atoms with Gasteiger partial charge in [0.1, 0.15) is 30.5 Å². The molecule has 4 rings (SSSR count). The fourth-order valence-electron chi connectivity index (χ4n) is 7.44. The summed E-state index contributed by atoms with van der Waals surface area (Å²) in [5.74, 6) is 0.795. The zero-order valence-corrected chi connectivity index (χ0v) is 24.1. The Hall–Kier alpha value is -0.840. The van der Waals surface area contributed by atoms with E-state index < -0.39 is 42.9 Å². The lowest BCUT2D eigenvalue weighted by molar-refractivity contribution is -0.310. The molecular formula is C30H51NO7. The molecule has 4 aliphatic rings. The average Bonchev–Trinajstić information content (AvgIpc) is 3.42. The lowest BCUT2D eigenvalue weighted by atomic mass is 9.68. The minimum Gasteiger partial charge on any atom is -0.390 e. The molecule has 11 atom stereocenters. The van der Waals surface area contributed by atoms with E-state index in [4.69, 9.17) is 14.2 Å². The van der Waals surface area contributed by atoms with E-state index in [0.717, 1.165) is 44.2 Å². The van der Waals surface area contributed by atoms with Crippen molar-refractivity contribution in [3.05, 3.63) is 22.8 Å². The highest BCUT2D eigenvalue weighted by Gasteiger charge is 2.52. The first-order valence-electron chi connectivity index (χ1n) is 14.7. The maximum Gasteiger partial charge on any atom is 0.187 e. The van der Waals surface area contributed by atoms with Crippen molar-refractivity contribution >= 4 is 0 Å². The third kappa shape index (κ3) is 5.66. The fourth-order valence-corrected chi connectivity index (χ4v) is 7.44. The summed E-state index contributed by atoms with van der Waals surface area (Å²) >= 11 is 0. The highest BCUT2D eigenvalue weighted by atomic mass is 16.7. The number of methoxy groups -OCH3 is 1. The van der Waals surface area contributed by atoms with Crippen molar-refractivity contribution in [2.45, 2.75) is 110 Å². The van der Waals surface area contributed by atoms with Gasteiger partial charge in [-0.25, -0.2) is 0 Å². The van der Waals surface area contributed by atoms with Crippen molar-refractivity contribution in [2.24, 2.45) is 29.1 Å². The van der Waals surface area contributed by atoms with E-state index in [1.807, 2.05) is 6.92 Å². The smallest absolute Gasteiger partial charge is 0.187 e. The highest BCUT2D eigenvalue weighted by Crippen LogP contribution is 2.55. The molecule has 3 aliphatic carbocycles. The van der Waals surface area contributed by atoms with Gasteiger partial charge in [0.2, 0.25) is 0 Å². The Labute approximate surface area is 228 Å². The molecule has 1 heterocycles. The summed E-state index contributed by atoms with van der Waals surface area (Å²) in [7, 11) is 1.75. The van der Waals surface area contributed by atoms with Crippen LogP contribution in [0, 0.1) is 29.1 Å². The summed E-state index contributed by atoms with van der Waals surface area (Å²) in [5, 5.41) is 47.4. The maximum atomic E-state index is 12.0. The standard InChI is InChI=1S/C30H51NO7/c1-7-12-31-14-22-25(33)26(34)27(35)29(37-22)38-28-23-19(16(2)3)10-11-30(23,5)13-21-18(15-36-6)8-9-20(21)17(4)24(28)32/h13,16-18,20,22,24-29,31-35H,7-12,14-15H2,1-6H3/b21-13-/t17-,18-,20+,22-,24-,25-,26+,27-,28-,29-,30-/m1/s1. The molecule has 2 fully saturated rings. The first kappa shape index (κ1) is 30.1. The monoisotopic (exact) mass is 537 g/mol. The van der Waals surface area contributed by atoms with Crippen molar-refractivity contribution in [1.82, 2.24) is 5.32 Å². The largest absolute Gasteiger partial charge is 0.390 e. The quantitative estimate of drug-likeness (QED) is 0.225.